The van der Waals surface area contributed by atoms with Gasteiger partial charge in [-0.05, 0) is 67.0 Å². The molecule has 0 saturated heterocycles. The van der Waals surface area contributed by atoms with Crippen molar-refractivity contribution in [3.05, 3.63) is 63.5 Å². The van der Waals surface area contributed by atoms with Gasteiger partial charge < -0.3 is 9.73 Å². The Labute approximate surface area is 227 Å². The molecule has 0 aliphatic heterocycles. The van der Waals surface area contributed by atoms with Crippen LogP contribution in [0, 0.1) is 18.3 Å². The molecule has 39 heavy (non-hydrogen) atoms. The van der Waals surface area contributed by atoms with Crippen molar-refractivity contribution in [3.63, 3.8) is 0 Å². The van der Waals surface area contributed by atoms with Crippen LogP contribution in [-0.4, -0.2) is 29.9 Å². The second kappa shape index (κ2) is 9.33. The lowest BCUT2D eigenvalue weighted by atomic mass is 9.43. The summed E-state index contributed by atoms with van der Waals surface area (Å²) in [7, 11) is 1.51. The molecule has 0 unspecified atom stereocenters. The number of benzene rings is 1. The zero-order valence-corrected chi connectivity index (χ0v) is 22.4. The zero-order chi connectivity index (χ0) is 27.5. The SMILES string of the molecule is CNC(=O)c1c(-c2ccc(C)cc2)oc2nc(CCC(F)(F)F)c(-c3csc(C(=O)CC45CC(C4)C5)c3)cc12. The molecule has 3 heterocycles. The minimum atomic E-state index is -4.37. The molecule has 0 radical (unpaired) electrons. The van der Waals surface area contributed by atoms with E-state index in [9.17, 15) is 22.8 Å². The van der Waals surface area contributed by atoms with Gasteiger partial charge in [0.15, 0.2) is 5.78 Å². The Hall–Kier alpha value is -3.46. The number of fused-ring (bicyclic) bond motifs is 1. The first-order chi connectivity index (χ1) is 18.5. The summed E-state index contributed by atoms with van der Waals surface area (Å²) in [6.45, 7) is 1.94. The Bertz CT molecular complexity index is 1580. The number of rotatable bonds is 8. The van der Waals surface area contributed by atoms with Crippen LogP contribution >= 0.6 is 11.3 Å². The maximum Gasteiger partial charge on any atom is 0.389 e. The molecular formula is C30H27F3N2O3S. The lowest BCUT2D eigenvalue weighted by Crippen LogP contribution is -2.52. The molecule has 7 rings (SSSR count). The van der Waals surface area contributed by atoms with Crippen LogP contribution in [-0.2, 0) is 6.42 Å². The van der Waals surface area contributed by atoms with Crippen LogP contribution in [0.4, 0.5) is 13.2 Å². The van der Waals surface area contributed by atoms with Crippen LogP contribution in [0.2, 0.25) is 0 Å². The normalized spacial score (nSPS) is 20.0. The maximum absolute atomic E-state index is 13.2. The zero-order valence-electron chi connectivity index (χ0n) is 21.6. The van der Waals surface area contributed by atoms with Crippen molar-refractivity contribution < 1.29 is 27.2 Å². The van der Waals surface area contributed by atoms with Crippen molar-refractivity contribution in [2.24, 2.45) is 11.3 Å². The third-order valence-corrected chi connectivity index (χ3v) is 9.03. The number of aryl methyl sites for hydroxylation is 2. The standard InChI is InChI=1S/C30H27F3N2O3S/c1-16-3-5-18(6-4-16)26-25(27(37)34-2)21-10-20(22(35-28(21)38-26)7-8-30(31,32)33)19-9-24(39-15-19)23(36)14-29-11-17(12-29)13-29/h3-6,9-10,15,17H,7-8,11-14H2,1-2H3,(H,34,37). The number of Topliss-reactive ketones (excluding diaryl/α,β-unsaturated/α-hetero) is 1. The molecule has 0 atom stereocenters. The Morgan fingerprint density at radius 1 is 1.13 bits per heavy atom. The van der Waals surface area contributed by atoms with E-state index >= 15 is 0 Å². The van der Waals surface area contributed by atoms with E-state index in [0.29, 0.717) is 39.1 Å². The third kappa shape index (κ3) is 4.77. The van der Waals surface area contributed by atoms with Gasteiger partial charge in [-0.2, -0.15) is 13.2 Å². The molecule has 0 spiro atoms. The number of ketones is 1. The monoisotopic (exact) mass is 552 g/mol. The number of nitrogens with one attached hydrogen (secondary N) is 1. The number of pyridine rings is 1. The van der Waals surface area contributed by atoms with E-state index in [4.69, 9.17) is 4.42 Å². The van der Waals surface area contributed by atoms with Gasteiger partial charge in [-0.15, -0.1) is 11.3 Å². The first kappa shape index (κ1) is 25.8. The van der Waals surface area contributed by atoms with E-state index in [1.165, 1.54) is 18.4 Å². The lowest BCUT2D eigenvalue weighted by molar-refractivity contribution is -0.134. The van der Waals surface area contributed by atoms with Crippen LogP contribution in [0.5, 0.6) is 0 Å². The summed E-state index contributed by atoms with van der Waals surface area (Å²) in [6.07, 6.45) is -1.90. The number of thiophene rings is 1. The average Bonchev–Trinajstić information content (AvgIpc) is 3.48. The van der Waals surface area contributed by atoms with E-state index in [1.807, 2.05) is 31.2 Å². The molecule has 9 heteroatoms. The molecule has 3 fully saturated rings. The minimum absolute atomic E-state index is 0.0753. The van der Waals surface area contributed by atoms with Gasteiger partial charge in [0.25, 0.3) is 5.91 Å². The summed E-state index contributed by atoms with van der Waals surface area (Å²) in [5, 5.41) is 4.83. The van der Waals surface area contributed by atoms with Gasteiger partial charge in [0, 0.05) is 31.0 Å². The molecule has 5 nitrogen and oxygen atoms in total. The number of amides is 1. The Morgan fingerprint density at radius 2 is 1.85 bits per heavy atom. The molecule has 3 aliphatic carbocycles. The highest BCUT2D eigenvalue weighted by atomic mass is 32.1. The van der Waals surface area contributed by atoms with E-state index < -0.39 is 12.6 Å². The van der Waals surface area contributed by atoms with Crippen LogP contribution < -0.4 is 5.32 Å². The fourth-order valence-corrected chi connectivity index (χ4v) is 6.79. The summed E-state index contributed by atoms with van der Waals surface area (Å²) in [5.41, 5.74) is 3.51. The fourth-order valence-electron chi connectivity index (χ4n) is 5.94. The summed E-state index contributed by atoms with van der Waals surface area (Å²) >= 11 is 1.30. The quantitative estimate of drug-likeness (QED) is 0.227. The second-order valence-electron chi connectivity index (χ2n) is 11.0. The van der Waals surface area contributed by atoms with E-state index in [1.54, 1.807) is 17.5 Å². The Morgan fingerprint density at radius 3 is 2.46 bits per heavy atom. The van der Waals surface area contributed by atoms with Crippen LogP contribution in [0.25, 0.3) is 33.6 Å². The molecule has 3 aliphatic rings. The predicted molar refractivity (Wildman–Crippen MR) is 144 cm³/mol. The number of carbonyl (C=O) groups excluding carboxylic acids is 2. The number of aromatic nitrogens is 1. The highest BCUT2D eigenvalue weighted by Gasteiger charge is 2.56. The molecule has 202 valence electrons. The molecule has 1 N–H and O–H groups in total. The molecular weight excluding hydrogens is 525 g/mol. The Balaban J connectivity index is 1.45. The predicted octanol–water partition coefficient (Wildman–Crippen LogP) is 7.76. The van der Waals surface area contributed by atoms with Gasteiger partial charge in [0.05, 0.1) is 21.5 Å². The molecule has 4 aromatic rings. The van der Waals surface area contributed by atoms with Gasteiger partial charge in [-0.25, -0.2) is 4.98 Å². The minimum Gasteiger partial charge on any atom is -0.437 e. The van der Waals surface area contributed by atoms with Gasteiger partial charge >= 0.3 is 6.18 Å². The lowest BCUT2D eigenvalue weighted by Gasteiger charge is -2.61. The van der Waals surface area contributed by atoms with Gasteiger partial charge in [0.2, 0.25) is 5.71 Å². The smallest absolute Gasteiger partial charge is 0.389 e. The molecule has 2 bridgehead atoms. The molecule has 1 aromatic carbocycles. The van der Waals surface area contributed by atoms with Crippen LogP contribution in [0.15, 0.2) is 46.2 Å². The first-order valence-electron chi connectivity index (χ1n) is 13.0. The maximum atomic E-state index is 13.2. The van der Waals surface area contributed by atoms with Crippen molar-refractivity contribution in [1.29, 1.82) is 0 Å². The topological polar surface area (TPSA) is 72.2 Å². The van der Waals surface area contributed by atoms with Crippen LogP contribution in [0.1, 0.15) is 63.4 Å². The molecule has 3 aromatic heterocycles. The number of hydrogen-bond donors (Lipinski definition) is 1. The Kier molecular flexibility index (Phi) is 6.17. The van der Waals surface area contributed by atoms with Crippen molar-refractivity contribution in [3.8, 4) is 22.5 Å². The van der Waals surface area contributed by atoms with Crippen molar-refractivity contribution in [1.82, 2.24) is 10.3 Å². The third-order valence-electron chi connectivity index (χ3n) is 8.06. The van der Waals surface area contributed by atoms with Crippen molar-refractivity contribution >= 4 is 34.1 Å². The second-order valence-corrected chi connectivity index (χ2v) is 11.9. The number of halogens is 3. The number of hydrogen-bond acceptors (Lipinski definition) is 5. The van der Waals surface area contributed by atoms with Crippen molar-refractivity contribution in [2.45, 2.75) is 51.6 Å². The molecule has 1 amide bonds. The summed E-state index contributed by atoms with van der Waals surface area (Å²) in [6, 6.07) is 10.9. The van der Waals surface area contributed by atoms with Gasteiger partial charge in [0.1, 0.15) is 5.76 Å². The van der Waals surface area contributed by atoms with Gasteiger partial charge in [-0.1, -0.05) is 29.8 Å². The number of carbonyl (C=O) groups is 2. The van der Waals surface area contributed by atoms with E-state index in [2.05, 4.69) is 10.3 Å². The highest BCUT2D eigenvalue weighted by Crippen LogP contribution is 2.66. The van der Waals surface area contributed by atoms with Crippen LogP contribution in [0.3, 0.4) is 0 Å². The average molecular weight is 553 g/mol. The van der Waals surface area contributed by atoms with E-state index in [-0.39, 0.29) is 40.5 Å². The number of alkyl halides is 3. The first-order valence-corrected chi connectivity index (χ1v) is 13.9. The molecule has 3 saturated carbocycles. The largest absolute Gasteiger partial charge is 0.437 e. The summed E-state index contributed by atoms with van der Waals surface area (Å²) in [4.78, 5) is 31.1. The van der Waals surface area contributed by atoms with Gasteiger partial charge in [-0.3, -0.25) is 9.59 Å². The van der Waals surface area contributed by atoms with E-state index in [0.717, 1.165) is 30.7 Å². The fraction of sp³-hybridized carbons (Fsp3) is 0.367. The highest BCUT2D eigenvalue weighted by molar-refractivity contribution is 7.12. The number of furan rings is 1. The summed E-state index contributed by atoms with van der Waals surface area (Å²) in [5.74, 6) is 0.765. The number of nitrogens with zero attached hydrogens (tertiary/aromatic N) is 1. The summed E-state index contributed by atoms with van der Waals surface area (Å²) < 4.78 is 45.7. The van der Waals surface area contributed by atoms with Crippen molar-refractivity contribution in [2.75, 3.05) is 7.05 Å².